The fourth-order valence-corrected chi connectivity index (χ4v) is 4.72. The van der Waals surface area contributed by atoms with Gasteiger partial charge in [-0.25, -0.2) is 4.98 Å². The number of nitrogens with two attached hydrogens (primary N) is 1. The van der Waals surface area contributed by atoms with E-state index in [9.17, 15) is 9.59 Å². The molecule has 2 aromatic rings. The molecule has 7 nitrogen and oxygen atoms in total. The van der Waals surface area contributed by atoms with Crippen molar-refractivity contribution in [3.63, 3.8) is 0 Å². The molecule has 1 aromatic heterocycles. The number of carbonyl (C=O) groups is 2. The average molecular weight is 507 g/mol. The zero-order valence-corrected chi connectivity index (χ0v) is 21.6. The van der Waals surface area contributed by atoms with Crippen molar-refractivity contribution in [3.05, 3.63) is 52.1 Å². The van der Waals surface area contributed by atoms with E-state index < -0.39 is 5.97 Å². The summed E-state index contributed by atoms with van der Waals surface area (Å²) in [5.74, 6) is -0.155. The molecule has 0 aliphatic carbocycles. The second kappa shape index (κ2) is 10.8. The van der Waals surface area contributed by atoms with Crippen molar-refractivity contribution in [2.24, 2.45) is 5.41 Å². The van der Waals surface area contributed by atoms with Crippen molar-refractivity contribution in [2.45, 2.75) is 52.6 Å². The molecule has 9 heteroatoms. The number of nitrogens with zero attached hydrogens (tertiary/aromatic N) is 3. The normalized spacial score (nSPS) is 18.6. The Hall–Kier alpha value is -2.51. The third kappa shape index (κ3) is 6.54. The van der Waals surface area contributed by atoms with Gasteiger partial charge in [0.15, 0.2) is 5.82 Å². The monoisotopic (exact) mass is 506 g/mol. The molecular formula is C25H32Cl2N4O3. The molecule has 0 saturated carbocycles. The van der Waals surface area contributed by atoms with Gasteiger partial charge in [0.2, 0.25) is 5.91 Å². The largest absolute Gasteiger partial charge is 0.466 e. The molecule has 34 heavy (non-hydrogen) atoms. The molecule has 1 aliphatic rings. The second-order valence-electron chi connectivity index (χ2n) is 9.74. The van der Waals surface area contributed by atoms with Crippen molar-refractivity contribution in [3.8, 4) is 0 Å². The van der Waals surface area contributed by atoms with E-state index in [0.29, 0.717) is 34.6 Å². The highest BCUT2D eigenvalue weighted by atomic mass is 35.5. The lowest BCUT2D eigenvalue weighted by Gasteiger charge is -2.49. The van der Waals surface area contributed by atoms with E-state index in [1.165, 1.54) is 0 Å². The summed E-state index contributed by atoms with van der Waals surface area (Å²) in [5, 5.41) is 1.08. The number of nitrogen functional groups attached to an aromatic ring is 1. The van der Waals surface area contributed by atoms with Gasteiger partial charge in [-0.1, -0.05) is 56.1 Å². The van der Waals surface area contributed by atoms with Gasteiger partial charge in [0.1, 0.15) is 6.42 Å². The van der Waals surface area contributed by atoms with Crippen LogP contribution >= 0.6 is 23.2 Å². The first-order valence-electron chi connectivity index (χ1n) is 11.4. The zero-order chi connectivity index (χ0) is 25.0. The minimum absolute atomic E-state index is 0.0398. The highest BCUT2D eigenvalue weighted by Gasteiger charge is 2.40. The van der Waals surface area contributed by atoms with E-state index in [0.717, 1.165) is 12.0 Å². The Balaban J connectivity index is 2.06. The van der Waals surface area contributed by atoms with Gasteiger partial charge in [-0.3, -0.25) is 9.59 Å². The Labute approximate surface area is 211 Å². The number of piperazine rings is 1. The second-order valence-corrected chi connectivity index (χ2v) is 10.6. The lowest BCUT2D eigenvalue weighted by Crippen LogP contribution is -2.57. The van der Waals surface area contributed by atoms with Crippen molar-refractivity contribution < 1.29 is 14.3 Å². The number of amides is 1. The van der Waals surface area contributed by atoms with Crippen molar-refractivity contribution >= 4 is 46.6 Å². The standard InChI is InChI=1S/C25H32Cl2N4O3/c1-5-34-23(33)11-22(32)30-14-19(12-25(2,3)4)31(24-20(28)10-18(27)13-29-24)21(15-30)16-6-8-17(26)9-7-16/h6-10,13,19,21H,5,11-12,14-15,28H2,1-4H3/t19-,21-/m0/s1. The fourth-order valence-electron chi connectivity index (χ4n) is 4.42. The van der Waals surface area contributed by atoms with Gasteiger partial charge in [0.05, 0.1) is 23.4 Å². The minimum atomic E-state index is -0.519. The van der Waals surface area contributed by atoms with Crippen LogP contribution in [0.25, 0.3) is 0 Å². The summed E-state index contributed by atoms with van der Waals surface area (Å²) < 4.78 is 5.00. The van der Waals surface area contributed by atoms with E-state index >= 15 is 0 Å². The summed E-state index contributed by atoms with van der Waals surface area (Å²) in [6, 6.07) is 8.88. The van der Waals surface area contributed by atoms with Gasteiger partial charge in [-0.15, -0.1) is 0 Å². The molecule has 0 spiro atoms. The molecule has 1 fully saturated rings. The molecular weight excluding hydrogens is 475 g/mol. The van der Waals surface area contributed by atoms with Gasteiger partial charge in [0, 0.05) is 30.4 Å². The van der Waals surface area contributed by atoms with Gasteiger partial charge in [-0.05, 0) is 42.5 Å². The van der Waals surface area contributed by atoms with E-state index in [2.05, 4.69) is 30.7 Å². The number of esters is 1. The summed E-state index contributed by atoms with van der Waals surface area (Å²) in [7, 11) is 0. The van der Waals surface area contributed by atoms with Gasteiger partial charge in [0.25, 0.3) is 0 Å². The molecule has 184 valence electrons. The topological polar surface area (TPSA) is 88.8 Å². The van der Waals surface area contributed by atoms with Crippen LogP contribution in [-0.2, 0) is 14.3 Å². The first kappa shape index (κ1) is 26.1. The Morgan fingerprint density at radius 3 is 2.41 bits per heavy atom. The Bertz CT molecular complexity index is 1020. The lowest BCUT2D eigenvalue weighted by molar-refractivity contribution is -0.149. The van der Waals surface area contributed by atoms with Crippen molar-refractivity contribution in [1.82, 2.24) is 9.88 Å². The molecule has 2 heterocycles. The van der Waals surface area contributed by atoms with E-state index in [4.69, 9.17) is 33.7 Å². The first-order valence-corrected chi connectivity index (χ1v) is 12.1. The van der Waals surface area contributed by atoms with Gasteiger partial charge < -0.3 is 20.3 Å². The maximum atomic E-state index is 13.1. The Morgan fingerprint density at radius 2 is 1.82 bits per heavy atom. The van der Waals surface area contributed by atoms with Crippen LogP contribution in [0.1, 0.15) is 52.1 Å². The highest BCUT2D eigenvalue weighted by Crippen LogP contribution is 2.40. The van der Waals surface area contributed by atoms with Crippen LogP contribution in [-0.4, -0.2) is 47.5 Å². The maximum absolute atomic E-state index is 13.1. The van der Waals surface area contributed by atoms with Crippen LogP contribution < -0.4 is 10.6 Å². The lowest BCUT2D eigenvalue weighted by atomic mass is 9.85. The molecule has 0 unspecified atom stereocenters. The molecule has 1 aromatic carbocycles. The first-order chi connectivity index (χ1) is 16.0. The van der Waals surface area contributed by atoms with Crippen molar-refractivity contribution in [2.75, 3.05) is 30.3 Å². The van der Waals surface area contributed by atoms with Crippen LogP contribution in [0.3, 0.4) is 0 Å². The number of pyridine rings is 1. The Morgan fingerprint density at radius 1 is 1.15 bits per heavy atom. The van der Waals surface area contributed by atoms with Crippen LogP contribution in [0.15, 0.2) is 36.5 Å². The molecule has 0 bridgehead atoms. The number of rotatable bonds is 6. The number of ether oxygens (including phenoxy) is 1. The van der Waals surface area contributed by atoms with Gasteiger partial charge >= 0.3 is 5.97 Å². The van der Waals surface area contributed by atoms with E-state index in [1.807, 2.05) is 24.3 Å². The summed E-state index contributed by atoms with van der Waals surface area (Å²) in [4.78, 5) is 33.6. The molecule has 1 aliphatic heterocycles. The number of carbonyl (C=O) groups excluding carboxylic acids is 2. The smallest absolute Gasteiger partial charge is 0.315 e. The number of anilines is 2. The van der Waals surface area contributed by atoms with Gasteiger partial charge in [-0.2, -0.15) is 0 Å². The van der Waals surface area contributed by atoms with Crippen LogP contribution in [0.4, 0.5) is 11.5 Å². The summed E-state index contributed by atoms with van der Waals surface area (Å²) in [5.41, 5.74) is 7.78. The summed E-state index contributed by atoms with van der Waals surface area (Å²) >= 11 is 12.3. The number of hydrogen-bond acceptors (Lipinski definition) is 6. The van der Waals surface area contributed by atoms with E-state index in [-0.39, 0.29) is 36.4 Å². The molecule has 0 radical (unpaired) electrons. The highest BCUT2D eigenvalue weighted by molar-refractivity contribution is 6.31. The number of benzene rings is 1. The summed E-state index contributed by atoms with van der Waals surface area (Å²) in [6.45, 7) is 9.22. The predicted molar refractivity (Wildman–Crippen MR) is 136 cm³/mol. The minimum Gasteiger partial charge on any atom is -0.466 e. The molecule has 1 saturated heterocycles. The average Bonchev–Trinajstić information content (AvgIpc) is 2.73. The third-order valence-electron chi connectivity index (χ3n) is 5.72. The quantitative estimate of drug-likeness (QED) is 0.432. The van der Waals surface area contributed by atoms with Crippen LogP contribution in [0.2, 0.25) is 10.0 Å². The maximum Gasteiger partial charge on any atom is 0.315 e. The third-order valence-corrected chi connectivity index (χ3v) is 6.18. The number of halogens is 2. The van der Waals surface area contributed by atoms with Crippen LogP contribution in [0, 0.1) is 5.41 Å². The van der Waals surface area contributed by atoms with E-state index in [1.54, 1.807) is 24.1 Å². The SMILES string of the molecule is CCOC(=O)CC(=O)N1C[C@H](CC(C)(C)C)N(c2ncc(Cl)cc2N)[C@H](c2ccc(Cl)cc2)C1. The fraction of sp³-hybridized carbons (Fsp3) is 0.480. The Kier molecular flexibility index (Phi) is 8.31. The zero-order valence-electron chi connectivity index (χ0n) is 20.1. The predicted octanol–water partition coefficient (Wildman–Crippen LogP) is 5.12. The van der Waals surface area contributed by atoms with Crippen molar-refractivity contribution in [1.29, 1.82) is 0 Å². The molecule has 2 atom stereocenters. The number of hydrogen-bond donors (Lipinski definition) is 1. The molecule has 2 N–H and O–H groups in total. The van der Waals surface area contributed by atoms with Crippen LogP contribution in [0.5, 0.6) is 0 Å². The molecule has 1 amide bonds. The molecule has 3 rings (SSSR count). The summed E-state index contributed by atoms with van der Waals surface area (Å²) in [6.07, 6.45) is 2.06. The number of aromatic nitrogens is 1.